The van der Waals surface area contributed by atoms with Crippen LogP contribution in [-0.2, 0) is 11.2 Å². The number of nitrogens with two attached hydrogens (primary N) is 3. The SMILES string of the molecule is CCc1cn(C2CCN(CC3(F)CCN(C(=O)c4ccc(C5CCCN(C(/C=C(\N)c6ccccc6O)=C(N)N)C5)c(C)c4)CC3)CC2)c2ccc(N3CCC(=O)NC3=O)cc12. The molecule has 328 valence electrons. The third-order valence-corrected chi connectivity index (χ3v) is 13.6. The van der Waals surface area contributed by atoms with Crippen molar-refractivity contribution in [2.24, 2.45) is 17.2 Å². The van der Waals surface area contributed by atoms with Crippen molar-refractivity contribution in [3.05, 3.63) is 112 Å². The number of anilines is 1. The molecule has 1 aromatic heterocycles. The number of hydrogen-bond acceptors (Lipinski definition) is 9. The highest BCUT2D eigenvalue weighted by molar-refractivity contribution is 6.06. The van der Waals surface area contributed by atoms with Gasteiger partial charge in [-0.15, -0.1) is 0 Å². The first-order valence-electron chi connectivity index (χ1n) is 22.1. The van der Waals surface area contributed by atoms with Crippen LogP contribution < -0.4 is 27.4 Å². The average molecular weight is 846 g/mol. The molecule has 0 radical (unpaired) electrons. The number of nitrogens with one attached hydrogen (secondary N) is 1. The van der Waals surface area contributed by atoms with Gasteiger partial charge in [0.1, 0.15) is 17.2 Å². The molecule has 0 spiro atoms. The van der Waals surface area contributed by atoms with Gasteiger partial charge in [0, 0.05) is 123 Å². The van der Waals surface area contributed by atoms with Gasteiger partial charge in [-0.2, -0.15) is 0 Å². The standard InChI is InChI=1S/C48H60FN9O4/c1-3-32-29-58(41-13-11-36(26-39(32)41)57-22-16-44(60)53-47(57)62)35-14-20-54(21-15-35)30-48(49)17-23-55(24-18-48)46(61)33-10-12-37(31(2)25-33)34-7-6-19-56(28-34)42(45(51)52)27-40(50)38-8-4-5-9-43(38)59/h4-5,8-13,25-27,29,34-35,59H,3,6-7,14-24,28,30,50-52H2,1-2H3,(H,53,60,62)/b40-27-. The van der Waals surface area contributed by atoms with Crippen molar-refractivity contribution in [1.29, 1.82) is 0 Å². The summed E-state index contributed by atoms with van der Waals surface area (Å²) in [5.74, 6) is 0.109. The molecule has 4 aliphatic heterocycles. The molecular weight excluding hydrogens is 786 g/mol. The van der Waals surface area contributed by atoms with Gasteiger partial charge in [0.05, 0.1) is 5.70 Å². The number of allylic oxidation sites excluding steroid dienone is 1. The second kappa shape index (κ2) is 17.8. The molecule has 0 saturated carbocycles. The Bertz CT molecular complexity index is 2410. The number of hydrogen-bond donors (Lipinski definition) is 5. The minimum Gasteiger partial charge on any atom is -0.507 e. The van der Waals surface area contributed by atoms with Crippen LogP contribution in [0.25, 0.3) is 16.6 Å². The number of rotatable bonds is 10. The number of aromatic hydroxyl groups is 1. The average Bonchev–Trinajstić information content (AvgIpc) is 3.63. The van der Waals surface area contributed by atoms with E-state index in [4.69, 9.17) is 17.2 Å². The second-order valence-corrected chi connectivity index (χ2v) is 17.6. The van der Waals surface area contributed by atoms with Crippen LogP contribution in [0.4, 0.5) is 14.9 Å². The lowest BCUT2D eigenvalue weighted by Crippen LogP contribution is -2.51. The normalized spacial score (nSPS) is 20.4. The molecule has 13 nitrogen and oxygen atoms in total. The summed E-state index contributed by atoms with van der Waals surface area (Å²) in [7, 11) is 0. The van der Waals surface area contributed by atoms with Crippen molar-refractivity contribution in [3.8, 4) is 5.75 Å². The van der Waals surface area contributed by atoms with Gasteiger partial charge in [-0.3, -0.25) is 19.8 Å². The number of urea groups is 1. The van der Waals surface area contributed by atoms with Crippen LogP contribution in [0.3, 0.4) is 0 Å². The van der Waals surface area contributed by atoms with E-state index in [0.29, 0.717) is 68.1 Å². The molecule has 4 saturated heterocycles. The minimum absolute atomic E-state index is 0.0644. The maximum absolute atomic E-state index is 16.5. The number of halogens is 1. The van der Waals surface area contributed by atoms with E-state index in [1.165, 1.54) is 5.56 Å². The van der Waals surface area contributed by atoms with Crippen LogP contribution >= 0.6 is 0 Å². The summed E-state index contributed by atoms with van der Waals surface area (Å²) in [4.78, 5) is 45.8. The fourth-order valence-electron chi connectivity index (χ4n) is 10.1. The largest absolute Gasteiger partial charge is 0.507 e. The first-order valence-corrected chi connectivity index (χ1v) is 22.1. The van der Waals surface area contributed by atoms with E-state index in [-0.39, 0.29) is 47.8 Å². The van der Waals surface area contributed by atoms with Gasteiger partial charge in [-0.1, -0.05) is 25.1 Å². The minimum atomic E-state index is -1.35. The van der Waals surface area contributed by atoms with Gasteiger partial charge in [-0.05, 0) is 104 Å². The number of phenols is 1. The van der Waals surface area contributed by atoms with E-state index in [1.807, 2.05) is 31.2 Å². The quantitative estimate of drug-likeness (QED) is 0.116. The van der Waals surface area contributed by atoms with Crippen molar-refractivity contribution in [2.45, 2.75) is 82.8 Å². The summed E-state index contributed by atoms with van der Waals surface area (Å²) in [6.07, 6.45) is 9.43. The van der Waals surface area contributed by atoms with Gasteiger partial charge < -0.3 is 41.6 Å². The maximum atomic E-state index is 16.5. The number of aromatic nitrogens is 1. The van der Waals surface area contributed by atoms with Crippen LogP contribution in [0.2, 0.25) is 0 Å². The first kappa shape index (κ1) is 42.7. The summed E-state index contributed by atoms with van der Waals surface area (Å²) in [6, 6.07) is 18.8. The number of phenolic OH excluding ortho intramolecular Hbond substituents is 1. The van der Waals surface area contributed by atoms with E-state index in [9.17, 15) is 19.5 Å². The Balaban J connectivity index is 0.846. The lowest BCUT2D eigenvalue weighted by atomic mass is 9.86. The number of likely N-dealkylation sites (tertiary alicyclic amines) is 3. The van der Waals surface area contributed by atoms with Crippen LogP contribution in [0.15, 0.2) is 84.5 Å². The van der Waals surface area contributed by atoms with Crippen LogP contribution in [0.1, 0.15) is 96.4 Å². The Morgan fingerprint density at radius 3 is 2.39 bits per heavy atom. The first-order chi connectivity index (χ1) is 29.8. The number of carbonyl (C=O) groups excluding carboxylic acids is 3. The molecule has 0 bridgehead atoms. The Labute approximate surface area is 363 Å². The molecule has 4 aliphatic rings. The molecule has 4 amide bonds. The summed E-state index contributed by atoms with van der Waals surface area (Å²) < 4.78 is 18.8. The molecule has 62 heavy (non-hydrogen) atoms. The summed E-state index contributed by atoms with van der Waals surface area (Å²) in [5, 5.41) is 13.9. The van der Waals surface area contributed by atoms with Crippen molar-refractivity contribution >= 4 is 40.1 Å². The topological polar surface area (TPSA) is 179 Å². The number of nitrogens with zero attached hydrogens (tertiary/aromatic N) is 5. The van der Waals surface area contributed by atoms with E-state index < -0.39 is 5.67 Å². The number of fused-ring (bicyclic) bond motifs is 1. The number of carbonyl (C=O) groups is 3. The summed E-state index contributed by atoms with van der Waals surface area (Å²) in [6.45, 7) is 8.69. The molecule has 4 fully saturated rings. The van der Waals surface area contributed by atoms with Crippen molar-refractivity contribution < 1.29 is 23.9 Å². The fraction of sp³-hybridized carbons (Fsp3) is 0.438. The Kier molecular flexibility index (Phi) is 12.2. The van der Waals surface area contributed by atoms with Crippen LogP contribution in [0.5, 0.6) is 5.75 Å². The number of alkyl halides is 1. The van der Waals surface area contributed by atoms with Gasteiger partial charge in [0.25, 0.3) is 5.91 Å². The number of piperidine rings is 3. The van der Waals surface area contributed by atoms with Gasteiger partial charge in [-0.25, -0.2) is 9.18 Å². The number of benzene rings is 3. The monoisotopic (exact) mass is 845 g/mol. The number of amides is 4. The van der Waals surface area contributed by atoms with Gasteiger partial charge >= 0.3 is 6.03 Å². The zero-order valence-electron chi connectivity index (χ0n) is 35.9. The molecule has 1 unspecified atom stereocenters. The highest BCUT2D eigenvalue weighted by atomic mass is 19.1. The number of para-hydroxylation sites is 1. The van der Waals surface area contributed by atoms with E-state index in [1.54, 1.807) is 34.1 Å². The number of imide groups is 1. The Morgan fingerprint density at radius 1 is 0.935 bits per heavy atom. The van der Waals surface area contributed by atoms with E-state index >= 15 is 4.39 Å². The van der Waals surface area contributed by atoms with Crippen molar-refractivity contribution in [1.82, 2.24) is 24.6 Å². The van der Waals surface area contributed by atoms with Crippen molar-refractivity contribution in [3.63, 3.8) is 0 Å². The highest BCUT2D eigenvalue weighted by Crippen LogP contribution is 2.37. The van der Waals surface area contributed by atoms with Crippen molar-refractivity contribution in [2.75, 3.05) is 57.3 Å². The Morgan fingerprint density at radius 2 is 1.69 bits per heavy atom. The molecule has 8 rings (SSSR count). The zero-order chi connectivity index (χ0) is 43.7. The zero-order valence-corrected chi connectivity index (χ0v) is 35.9. The molecule has 8 N–H and O–H groups in total. The molecule has 14 heteroatoms. The highest BCUT2D eigenvalue weighted by Gasteiger charge is 2.39. The van der Waals surface area contributed by atoms with Crippen LogP contribution in [-0.4, -0.2) is 100 Å². The summed E-state index contributed by atoms with van der Waals surface area (Å²) in [5.41, 5.74) is 24.8. The summed E-state index contributed by atoms with van der Waals surface area (Å²) >= 11 is 0. The maximum Gasteiger partial charge on any atom is 0.328 e. The van der Waals surface area contributed by atoms with Gasteiger partial charge in [0.2, 0.25) is 5.91 Å². The molecular formula is C48H60FN9O4. The molecule has 5 heterocycles. The Hall–Kier alpha value is -6.02. The predicted molar refractivity (Wildman–Crippen MR) is 241 cm³/mol. The molecule has 0 aliphatic carbocycles. The lowest BCUT2D eigenvalue weighted by Gasteiger charge is -2.41. The second-order valence-electron chi connectivity index (χ2n) is 17.6. The van der Waals surface area contributed by atoms with Gasteiger partial charge in [0.15, 0.2) is 0 Å². The van der Waals surface area contributed by atoms with E-state index in [0.717, 1.165) is 79.5 Å². The lowest BCUT2D eigenvalue weighted by molar-refractivity contribution is -0.120. The molecule has 1 atom stereocenters. The third-order valence-electron chi connectivity index (χ3n) is 13.6. The number of aryl methyl sites for hydroxylation is 2. The predicted octanol–water partition coefficient (Wildman–Crippen LogP) is 6.21. The smallest absolute Gasteiger partial charge is 0.328 e. The fourth-order valence-corrected chi connectivity index (χ4v) is 10.1. The third kappa shape index (κ3) is 8.83. The van der Waals surface area contributed by atoms with Crippen LogP contribution in [0, 0.1) is 6.92 Å². The van der Waals surface area contributed by atoms with E-state index in [2.05, 4.69) is 51.0 Å². The molecule has 4 aromatic rings. The molecule has 3 aromatic carbocycles.